The maximum absolute atomic E-state index is 10.6. The maximum atomic E-state index is 10.6. The van der Waals surface area contributed by atoms with Gasteiger partial charge in [0.05, 0.1) is 6.10 Å². The topological polar surface area (TPSA) is 30.0 Å². The molecular weight excluding hydrogens is 262 g/mol. The molecule has 0 aromatic rings. The van der Waals surface area contributed by atoms with E-state index in [0.29, 0.717) is 6.04 Å². The minimum Gasteiger partial charge on any atom is -0.390 e. The molecule has 4 heteroatoms. The number of likely N-dealkylation sites (tertiary alicyclic amines) is 1. The third kappa shape index (κ3) is 4.19. The lowest BCUT2D eigenvalue weighted by Gasteiger charge is -2.45. The molecule has 1 N–H and O–H groups in total. The van der Waals surface area contributed by atoms with Gasteiger partial charge in [-0.1, -0.05) is 19.3 Å². The molecule has 2 saturated heterocycles. The minimum atomic E-state index is -0.147. The standard InChI is InChI=1S/C17H33N3O/c1-18-9-11-20(12-10-18)16-7-8-19(14-17(16)21)13-15-5-3-2-4-6-15/h15-17,21H,2-14H2,1H3/t16-,17-/m1/s1. The van der Waals surface area contributed by atoms with E-state index in [1.807, 2.05) is 0 Å². The van der Waals surface area contributed by atoms with E-state index in [2.05, 4.69) is 21.7 Å². The number of likely N-dealkylation sites (N-methyl/N-ethyl adjacent to an activating group) is 1. The second-order valence-corrected chi connectivity index (χ2v) is 7.53. The van der Waals surface area contributed by atoms with Gasteiger partial charge < -0.3 is 14.9 Å². The molecule has 1 saturated carbocycles. The summed E-state index contributed by atoms with van der Waals surface area (Å²) in [6, 6.07) is 0.404. The van der Waals surface area contributed by atoms with Crippen molar-refractivity contribution in [3.8, 4) is 0 Å². The maximum Gasteiger partial charge on any atom is 0.0822 e. The van der Waals surface area contributed by atoms with Crippen molar-refractivity contribution >= 4 is 0 Å². The number of rotatable bonds is 3. The van der Waals surface area contributed by atoms with Gasteiger partial charge in [-0.2, -0.15) is 0 Å². The quantitative estimate of drug-likeness (QED) is 0.849. The fourth-order valence-corrected chi connectivity index (χ4v) is 4.46. The summed E-state index contributed by atoms with van der Waals surface area (Å²) in [6.45, 7) is 7.86. The molecule has 0 amide bonds. The monoisotopic (exact) mass is 295 g/mol. The predicted octanol–water partition coefficient (Wildman–Crippen LogP) is 1.25. The molecule has 2 aliphatic heterocycles. The van der Waals surface area contributed by atoms with Crippen molar-refractivity contribution in [1.82, 2.24) is 14.7 Å². The summed E-state index contributed by atoms with van der Waals surface area (Å²) >= 11 is 0. The van der Waals surface area contributed by atoms with Crippen LogP contribution in [0.1, 0.15) is 38.5 Å². The van der Waals surface area contributed by atoms with Gasteiger partial charge in [-0.05, 0) is 38.8 Å². The Kier molecular flexibility index (Phi) is 5.54. The average molecular weight is 295 g/mol. The molecule has 21 heavy (non-hydrogen) atoms. The molecule has 2 heterocycles. The van der Waals surface area contributed by atoms with Gasteiger partial charge in [0.2, 0.25) is 0 Å². The Morgan fingerprint density at radius 2 is 1.62 bits per heavy atom. The van der Waals surface area contributed by atoms with Crippen LogP contribution in [0.3, 0.4) is 0 Å². The summed E-state index contributed by atoms with van der Waals surface area (Å²) in [5, 5.41) is 10.6. The normalized spacial score (nSPS) is 35.1. The Labute approximate surface area is 130 Å². The SMILES string of the molecule is CN1CCN([C@@H]2CCN(CC3CCCCC3)C[C@H]2O)CC1. The van der Waals surface area contributed by atoms with E-state index < -0.39 is 0 Å². The van der Waals surface area contributed by atoms with E-state index in [4.69, 9.17) is 0 Å². The van der Waals surface area contributed by atoms with Crippen LogP contribution in [-0.4, -0.2) is 84.8 Å². The van der Waals surface area contributed by atoms with Crippen molar-refractivity contribution in [3.05, 3.63) is 0 Å². The highest BCUT2D eigenvalue weighted by Crippen LogP contribution is 2.26. The fraction of sp³-hybridized carbons (Fsp3) is 1.00. The van der Waals surface area contributed by atoms with Gasteiger partial charge in [-0.3, -0.25) is 4.90 Å². The van der Waals surface area contributed by atoms with E-state index in [-0.39, 0.29) is 6.10 Å². The van der Waals surface area contributed by atoms with Crippen LogP contribution in [0.15, 0.2) is 0 Å². The molecule has 0 bridgehead atoms. The number of piperazine rings is 1. The third-order valence-corrected chi connectivity index (χ3v) is 5.88. The number of nitrogens with zero attached hydrogens (tertiary/aromatic N) is 3. The zero-order chi connectivity index (χ0) is 14.7. The molecule has 0 unspecified atom stereocenters. The van der Waals surface area contributed by atoms with Crippen molar-refractivity contribution in [1.29, 1.82) is 0 Å². The number of aliphatic hydroxyl groups is 1. The second-order valence-electron chi connectivity index (χ2n) is 7.53. The van der Waals surface area contributed by atoms with E-state index in [1.165, 1.54) is 45.2 Å². The lowest BCUT2D eigenvalue weighted by Crippen LogP contribution is -2.58. The van der Waals surface area contributed by atoms with Gasteiger partial charge in [0.25, 0.3) is 0 Å². The molecule has 3 rings (SSSR count). The van der Waals surface area contributed by atoms with E-state index >= 15 is 0 Å². The van der Waals surface area contributed by atoms with E-state index in [9.17, 15) is 5.11 Å². The van der Waals surface area contributed by atoms with Crippen molar-refractivity contribution in [2.24, 2.45) is 5.92 Å². The largest absolute Gasteiger partial charge is 0.390 e. The highest BCUT2D eigenvalue weighted by molar-refractivity contribution is 4.89. The Morgan fingerprint density at radius 1 is 0.905 bits per heavy atom. The first kappa shape index (κ1) is 15.7. The number of β-amino-alcohol motifs (C(OH)–C–C–N with tert-alkyl or cyclic N) is 1. The summed E-state index contributed by atoms with van der Waals surface area (Å²) < 4.78 is 0. The Balaban J connectivity index is 1.45. The molecule has 0 spiro atoms. The Bertz CT molecular complexity index is 311. The van der Waals surface area contributed by atoms with Crippen LogP contribution >= 0.6 is 0 Å². The van der Waals surface area contributed by atoms with Crippen LogP contribution in [0.2, 0.25) is 0 Å². The van der Waals surface area contributed by atoms with Crippen molar-refractivity contribution in [2.75, 3.05) is 52.9 Å². The molecule has 2 atom stereocenters. The highest BCUT2D eigenvalue weighted by atomic mass is 16.3. The van der Waals surface area contributed by atoms with Crippen molar-refractivity contribution < 1.29 is 5.11 Å². The first-order chi connectivity index (χ1) is 10.2. The molecule has 1 aliphatic carbocycles. The molecule has 3 fully saturated rings. The first-order valence-corrected chi connectivity index (χ1v) is 9.05. The van der Waals surface area contributed by atoms with Crippen LogP contribution in [-0.2, 0) is 0 Å². The summed E-state index contributed by atoms with van der Waals surface area (Å²) in [7, 11) is 2.19. The molecule has 0 aromatic carbocycles. The number of hydrogen-bond acceptors (Lipinski definition) is 4. The lowest BCUT2D eigenvalue weighted by molar-refractivity contribution is -0.0308. The van der Waals surface area contributed by atoms with Gasteiger partial charge in [0.15, 0.2) is 0 Å². The Hall–Kier alpha value is -0.160. The van der Waals surface area contributed by atoms with Crippen molar-refractivity contribution in [2.45, 2.75) is 50.7 Å². The lowest BCUT2D eigenvalue weighted by atomic mass is 9.88. The summed E-state index contributed by atoms with van der Waals surface area (Å²) in [5.41, 5.74) is 0. The second kappa shape index (κ2) is 7.40. The van der Waals surface area contributed by atoms with Gasteiger partial charge in [-0.25, -0.2) is 0 Å². The third-order valence-electron chi connectivity index (χ3n) is 5.88. The molecule has 0 aromatic heterocycles. The van der Waals surface area contributed by atoms with Crippen LogP contribution in [0.25, 0.3) is 0 Å². The summed E-state index contributed by atoms with van der Waals surface area (Å²) in [6.07, 6.45) is 8.10. The predicted molar refractivity (Wildman–Crippen MR) is 86.5 cm³/mol. The highest BCUT2D eigenvalue weighted by Gasteiger charge is 2.33. The minimum absolute atomic E-state index is 0.147. The summed E-state index contributed by atoms with van der Waals surface area (Å²) in [5.74, 6) is 0.895. The smallest absolute Gasteiger partial charge is 0.0822 e. The molecule has 122 valence electrons. The van der Waals surface area contributed by atoms with E-state index in [0.717, 1.165) is 45.1 Å². The van der Waals surface area contributed by atoms with Gasteiger partial charge in [-0.15, -0.1) is 0 Å². The van der Waals surface area contributed by atoms with Gasteiger partial charge in [0, 0.05) is 45.3 Å². The van der Waals surface area contributed by atoms with E-state index in [1.54, 1.807) is 0 Å². The molecule has 4 nitrogen and oxygen atoms in total. The molecule has 3 aliphatic rings. The van der Waals surface area contributed by atoms with Gasteiger partial charge >= 0.3 is 0 Å². The summed E-state index contributed by atoms with van der Waals surface area (Å²) in [4.78, 5) is 7.46. The number of aliphatic hydroxyl groups excluding tert-OH is 1. The number of piperidine rings is 1. The van der Waals surface area contributed by atoms with Gasteiger partial charge in [0.1, 0.15) is 0 Å². The number of hydrogen-bond donors (Lipinski definition) is 1. The van der Waals surface area contributed by atoms with Crippen LogP contribution < -0.4 is 0 Å². The average Bonchev–Trinajstić information content (AvgIpc) is 2.50. The van der Waals surface area contributed by atoms with Crippen LogP contribution in [0.4, 0.5) is 0 Å². The first-order valence-electron chi connectivity index (χ1n) is 9.05. The molecular formula is C17H33N3O. The van der Waals surface area contributed by atoms with Crippen LogP contribution in [0.5, 0.6) is 0 Å². The van der Waals surface area contributed by atoms with Crippen molar-refractivity contribution in [3.63, 3.8) is 0 Å². The van der Waals surface area contributed by atoms with Crippen LogP contribution in [0, 0.1) is 5.92 Å². The fourth-order valence-electron chi connectivity index (χ4n) is 4.46. The zero-order valence-electron chi connectivity index (χ0n) is 13.7. The molecule has 0 radical (unpaired) electrons. The zero-order valence-corrected chi connectivity index (χ0v) is 13.7. The Morgan fingerprint density at radius 3 is 2.29 bits per heavy atom.